The lowest BCUT2D eigenvalue weighted by atomic mass is 10.0. The highest BCUT2D eigenvalue weighted by Gasteiger charge is 2.24. The number of para-hydroxylation sites is 2. The number of amides is 1. The third-order valence-electron chi connectivity index (χ3n) is 5.17. The van der Waals surface area contributed by atoms with Crippen LogP contribution in [0, 0.1) is 0 Å². The van der Waals surface area contributed by atoms with E-state index in [-0.39, 0.29) is 18.4 Å². The van der Waals surface area contributed by atoms with Crippen molar-refractivity contribution in [2.24, 2.45) is 0 Å². The highest BCUT2D eigenvalue weighted by atomic mass is 16.5. The zero-order chi connectivity index (χ0) is 20.2. The Labute approximate surface area is 167 Å². The Bertz CT molecular complexity index is 1050. The molecular formula is C20H23N5O4. The highest BCUT2D eigenvalue weighted by Crippen LogP contribution is 2.22. The number of nitrogens with one attached hydrogen (secondary N) is 1. The van der Waals surface area contributed by atoms with Gasteiger partial charge in [0.05, 0.1) is 12.6 Å². The van der Waals surface area contributed by atoms with Gasteiger partial charge in [0, 0.05) is 44.5 Å². The first kappa shape index (κ1) is 19.0. The van der Waals surface area contributed by atoms with Crippen LogP contribution >= 0.6 is 0 Å². The van der Waals surface area contributed by atoms with Crippen molar-refractivity contribution in [3.05, 3.63) is 47.2 Å². The average Bonchev–Trinajstić information content (AvgIpc) is 3.08. The van der Waals surface area contributed by atoms with Gasteiger partial charge in [0.1, 0.15) is 0 Å². The van der Waals surface area contributed by atoms with Crippen LogP contribution in [-0.2, 0) is 11.3 Å². The quantitative estimate of drug-likeness (QED) is 0.677. The van der Waals surface area contributed by atoms with Crippen LogP contribution in [0.3, 0.4) is 0 Å². The van der Waals surface area contributed by atoms with Gasteiger partial charge < -0.3 is 19.4 Å². The van der Waals surface area contributed by atoms with Crippen molar-refractivity contribution in [2.45, 2.75) is 31.8 Å². The van der Waals surface area contributed by atoms with Crippen LogP contribution in [0.25, 0.3) is 11.1 Å². The molecule has 29 heavy (non-hydrogen) atoms. The molecular weight excluding hydrogens is 374 g/mol. The fraction of sp³-hybridized carbons (Fsp3) is 0.400. The summed E-state index contributed by atoms with van der Waals surface area (Å²) in [4.78, 5) is 34.9. The molecule has 0 saturated carbocycles. The van der Waals surface area contributed by atoms with Crippen LogP contribution < -0.4 is 15.8 Å². The molecule has 9 nitrogen and oxygen atoms in total. The summed E-state index contributed by atoms with van der Waals surface area (Å²) < 4.78 is 12.0. The van der Waals surface area contributed by atoms with Gasteiger partial charge in [0.15, 0.2) is 11.4 Å². The number of benzene rings is 1. The Morgan fingerprint density at radius 2 is 2.00 bits per heavy atom. The van der Waals surface area contributed by atoms with E-state index in [4.69, 9.17) is 9.15 Å². The largest absolute Gasteiger partial charge is 0.478 e. The fourth-order valence-electron chi connectivity index (χ4n) is 3.63. The summed E-state index contributed by atoms with van der Waals surface area (Å²) in [5, 5.41) is 3.35. The topological polar surface area (TPSA) is 102 Å². The van der Waals surface area contributed by atoms with Crippen LogP contribution in [0.4, 0.5) is 5.82 Å². The number of nitrogens with zero attached hydrogens (tertiary/aromatic N) is 4. The third kappa shape index (κ3) is 4.08. The lowest BCUT2D eigenvalue weighted by Gasteiger charge is -2.32. The normalized spacial score (nSPS) is 14.9. The summed E-state index contributed by atoms with van der Waals surface area (Å²) in [5.41, 5.74) is 1.25. The van der Waals surface area contributed by atoms with Crippen molar-refractivity contribution < 1.29 is 13.9 Å². The Balaban J connectivity index is 1.31. The number of anilines is 1. The molecule has 1 amide bonds. The van der Waals surface area contributed by atoms with E-state index in [2.05, 4.69) is 15.3 Å². The fourth-order valence-corrected chi connectivity index (χ4v) is 3.63. The molecule has 1 aliphatic heterocycles. The van der Waals surface area contributed by atoms with Crippen molar-refractivity contribution >= 4 is 22.8 Å². The number of likely N-dealkylation sites (tertiary alicyclic amines) is 1. The minimum atomic E-state index is -0.431. The van der Waals surface area contributed by atoms with Gasteiger partial charge in [-0.1, -0.05) is 12.1 Å². The molecule has 0 radical (unpaired) electrons. The molecule has 0 unspecified atom stereocenters. The first-order chi connectivity index (χ1) is 14.2. The Morgan fingerprint density at radius 3 is 2.79 bits per heavy atom. The maximum atomic E-state index is 12.6. The van der Waals surface area contributed by atoms with Crippen LogP contribution in [-0.4, -0.2) is 51.6 Å². The van der Waals surface area contributed by atoms with Crippen LogP contribution in [0.2, 0.25) is 0 Å². The van der Waals surface area contributed by atoms with Crippen molar-refractivity contribution in [1.82, 2.24) is 19.4 Å². The van der Waals surface area contributed by atoms with Gasteiger partial charge in [-0.2, -0.15) is 0 Å². The highest BCUT2D eigenvalue weighted by molar-refractivity contribution is 5.77. The number of hydrogen-bond donors (Lipinski definition) is 1. The van der Waals surface area contributed by atoms with Crippen LogP contribution in [0.5, 0.6) is 5.88 Å². The van der Waals surface area contributed by atoms with Crippen molar-refractivity contribution in [3.63, 3.8) is 0 Å². The SMILES string of the molecule is COc1nccnc1NC1CCN(C(=O)CCn2c(=O)oc3ccccc32)CC1. The molecule has 1 N–H and O–H groups in total. The molecule has 1 fully saturated rings. The van der Waals surface area contributed by atoms with Gasteiger partial charge in [0.25, 0.3) is 5.88 Å². The lowest BCUT2D eigenvalue weighted by molar-refractivity contribution is -0.132. The van der Waals surface area contributed by atoms with Gasteiger partial charge in [-0.3, -0.25) is 9.36 Å². The molecule has 0 atom stereocenters. The second kappa shape index (κ2) is 8.34. The number of hydrogen-bond acceptors (Lipinski definition) is 7. The molecule has 1 aromatic carbocycles. The number of fused-ring (bicyclic) bond motifs is 1. The van der Waals surface area contributed by atoms with Crippen molar-refractivity contribution in [3.8, 4) is 5.88 Å². The van der Waals surface area contributed by atoms with Gasteiger partial charge >= 0.3 is 5.76 Å². The van der Waals surface area contributed by atoms with Gasteiger partial charge in [-0.05, 0) is 25.0 Å². The number of carbonyl (C=O) groups excluding carboxylic acids is 1. The number of ether oxygens (including phenoxy) is 1. The number of rotatable bonds is 6. The zero-order valence-electron chi connectivity index (χ0n) is 16.2. The van der Waals surface area contributed by atoms with Crippen molar-refractivity contribution in [1.29, 1.82) is 0 Å². The lowest BCUT2D eigenvalue weighted by Crippen LogP contribution is -2.42. The van der Waals surface area contributed by atoms with E-state index in [0.717, 1.165) is 12.8 Å². The molecule has 0 aliphatic carbocycles. The van der Waals surface area contributed by atoms with Gasteiger partial charge in [-0.25, -0.2) is 14.8 Å². The standard InChI is InChI=1S/C20H23N5O4/c1-28-19-18(21-9-10-22-19)23-14-6-11-24(12-7-14)17(26)8-13-25-15-4-2-3-5-16(15)29-20(25)27/h2-5,9-10,14H,6-8,11-13H2,1H3,(H,21,23). The first-order valence-corrected chi connectivity index (χ1v) is 9.63. The third-order valence-corrected chi connectivity index (χ3v) is 5.17. The maximum Gasteiger partial charge on any atom is 0.419 e. The Hall–Kier alpha value is -3.36. The molecule has 0 spiro atoms. The number of carbonyl (C=O) groups is 1. The van der Waals surface area contributed by atoms with E-state index in [9.17, 15) is 9.59 Å². The van der Waals surface area contributed by atoms with E-state index >= 15 is 0 Å². The van der Waals surface area contributed by atoms with Crippen molar-refractivity contribution in [2.75, 3.05) is 25.5 Å². The summed E-state index contributed by atoms with van der Waals surface area (Å²) in [6.07, 6.45) is 5.07. The number of aryl methyl sites for hydroxylation is 1. The van der Waals surface area contributed by atoms with E-state index in [1.54, 1.807) is 25.6 Å². The Kier molecular flexibility index (Phi) is 5.46. The van der Waals surface area contributed by atoms with E-state index in [1.807, 2.05) is 23.1 Å². The minimum absolute atomic E-state index is 0.0396. The van der Waals surface area contributed by atoms with Crippen LogP contribution in [0.15, 0.2) is 45.9 Å². The Morgan fingerprint density at radius 1 is 1.24 bits per heavy atom. The number of piperidine rings is 1. The predicted octanol–water partition coefficient (Wildman–Crippen LogP) is 1.89. The van der Waals surface area contributed by atoms with E-state index < -0.39 is 5.76 Å². The molecule has 3 heterocycles. The first-order valence-electron chi connectivity index (χ1n) is 9.63. The van der Waals surface area contributed by atoms with Gasteiger partial charge in [-0.15, -0.1) is 0 Å². The predicted molar refractivity (Wildman–Crippen MR) is 107 cm³/mol. The molecule has 3 aromatic rings. The minimum Gasteiger partial charge on any atom is -0.478 e. The molecule has 152 valence electrons. The van der Waals surface area contributed by atoms with Crippen LogP contribution in [0.1, 0.15) is 19.3 Å². The summed E-state index contributed by atoms with van der Waals surface area (Å²) in [5.74, 6) is 0.687. The van der Waals surface area contributed by atoms with E-state index in [1.165, 1.54) is 4.57 Å². The molecule has 1 saturated heterocycles. The molecule has 4 rings (SSSR count). The summed E-state index contributed by atoms with van der Waals surface area (Å²) in [6.45, 7) is 1.61. The smallest absolute Gasteiger partial charge is 0.419 e. The molecule has 9 heteroatoms. The van der Waals surface area contributed by atoms with E-state index in [0.29, 0.717) is 42.4 Å². The maximum absolute atomic E-state index is 12.6. The zero-order valence-corrected chi connectivity index (χ0v) is 16.2. The number of methoxy groups -OCH3 is 1. The molecule has 0 bridgehead atoms. The molecule has 1 aliphatic rings. The summed E-state index contributed by atoms with van der Waals surface area (Å²) in [6, 6.07) is 7.43. The number of oxazole rings is 1. The monoisotopic (exact) mass is 397 g/mol. The van der Waals surface area contributed by atoms with Gasteiger partial charge in [0.2, 0.25) is 5.91 Å². The average molecular weight is 397 g/mol. The summed E-state index contributed by atoms with van der Waals surface area (Å²) in [7, 11) is 1.56. The number of aromatic nitrogens is 3. The second-order valence-electron chi connectivity index (χ2n) is 6.95. The second-order valence-corrected chi connectivity index (χ2v) is 6.95. The molecule has 2 aromatic heterocycles. The summed E-state index contributed by atoms with van der Waals surface area (Å²) >= 11 is 0.